The first-order chi connectivity index (χ1) is 6.27. The Morgan fingerprint density at radius 2 is 2.23 bits per heavy atom. The Bertz CT molecular complexity index is 448. The number of amides is 1. The highest BCUT2D eigenvalue weighted by Crippen LogP contribution is 2.21. The monoisotopic (exact) mass is 176 g/mol. The van der Waals surface area contributed by atoms with Gasteiger partial charge in [-0.05, 0) is 12.1 Å². The van der Waals surface area contributed by atoms with Crippen molar-refractivity contribution < 1.29 is 9.90 Å². The molecule has 1 aromatic carbocycles. The summed E-state index contributed by atoms with van der Waals surface area (Å²) in [5.74, 6) is 0. The van der Waals surface area contributed by atoms with Crippen molar-refractivity contribution in [2.75, 3.05) is 5.32 Å². The van der Waals surface area contributed by atoms with Crippen molar-refractivity contribution in [2.45, 2.75) is 0 Å². The zero-order valence-electron chi connectivity index (χ0n) is 6.74. The molecule has 0 saturated carbocycles. The fourth-order valence-corrected chi connectivity index (χ4v) is 1.30. The predicted molar refractivity (Wildman–Crippen MR) is 49.9 cm³/mol. The lowest BCUT2D eigenvalue weighted by Crippen LogP contribution is -2.07. The number of para-hydroxylation sites is 1. The number of aromatic nitrogens is 1. The van der Waals surface area contributed by atoms with E-state index < -0.39 is 6.09 Å². The molecule has 4 nitrogen and oxygen atoms in total. The Morgan fingerprint density at radius 1 is 1.38 bits per heavy atom. The Labute approximate surface area is 74.2 Å². The fourth-order valence-electron chi connectivity index (χ4n) is 1.30. The Hall–Kier alpha value is -1.97. The second-order valence-corrected chi connectivity index (χ2v) is 2.68. The van der Waals surface area contributed by atoms with Crippen LogP contribution < -0.4 is 5.32 Å². The average molecular weight is 176 g/mol. The van der Waals surface area contributed by atoms with Crippen molar-refractivity contribution in [1.82, 2.24) is 4.98 Å². The third-order valence-corrected chi connectivity index (χ3v) is 1.83. The van der Waals surface area contributed by atoms with E-state index in [-0.39, 0.29) is 0 Å². The predicted octanol–water partition coefficient (Wildman–Crippen LogP) is 2.26. The average Bonchev–Trinajstić information content (AvgIpc) is 2.51. The summed E-state index contributed by atoms with van der Waals surface area (Å²) in [6.45, 7) is 0. The first kappa shape index (κ1) is 7.67. The minimum absolute atomic E-state index is 0.579. The second-order valence-electron chi connectivity index (χ2n) is 2.68. The van der Waals surface area contributed by atoms with Gasteiger partial charge in [0.15, 0.2) is 0 Å². The number of rotatable bonds is 1. The lowest BCUT2D eigenvalue weighted by atomic mass is 10.2. The number of hydrogen-bond donors (Lipinski definition) is 3. The Balaban J connectivity index is 2.54. The van der Waals surface area contributed by atoms with Crippen molar-refractivity contribution in [3.8, 4) is 0 Å². The molecule has 0 unspecified atom stereocenters. The van der Waals surface area contributed by atoms with Crippen LogP contribution in [0.1, 0.15) is 0 Å². The standard InChI is InChI=1S/C9H8N2O2/c12-9(13)11-7-3-1-2-6-4-5-10-8(6)7/h1-5,10-11H,(H,12,13). The van der Waals surface area contributed by atoms with E-state index in [9.17, 15) is 4.79 Å². The van der Waals surface area contributed by atoms with Gasteiger partial charge < -0.3 is 10.1 Å². The summed E-state index contributed by atoms with van der Waals surface area (Å²) >= 11 is 0. The zero-order chi connectivity index (χ0) is 9.26. The summed E-state index contributed by atoms with van der Waals surface area (Å²) in [6, 6.07) is 7.33. The molecule has 0 bridgehead atoms. The van der Waals surface area contributed by atoms with Crippen LogP contribution in [0.2, 0.25) is 0 Å². The molecular formula is C9H8N2O2. The molecule has 1 aromatic heterocycles. The van der Waals surface area contributed by atoms with Gasteiger partial charge in [0.1, 0.15) is 0 Å². The molecule has 2 aromatic rings. The first-order valence-electron chi connectivity index (χ1n) is 3.83. The third-order valence-electron chi connectivity index (χ3n) is 1.83. The van der Waals surface area contributed by atoms with Crippen LogP contribution in [0.5, 0.6) is 0 Å². The molecule has 0 fully saturated rings. The lowest BCUT2D eigenvalue weighted by molar-refractivity contribution is 0.210. The topological polar surface area (TPSA) is 65.1 Å². The van der Waals surface area contributed by atoms with Crippen molar-refractivity contribution in [3.05, 3.63) is 30.5 Å². The molecule has 4 heteroatoms. The van der Waals surface area contributed by atoms with E-state index in [1.165, 1.54) is 0 Å². The van der Waals surface area contributed by atoms with E-state index in [1.807, 2.05) is 12.1 Å². The van der Waals surface area contributed by atoms with E-state index in [2.05, 4.69) is 10.3 Å². The summed E-state index contributed by atoms with van der Waals surface area (Å²) in [4.78, 5) is 13.4. The molecule has 0 spiro atoms. The van der Waals surface area contributed by atoms with Gasteiger partial charge in [0.25, 0.3) is 0 Å². The molecule has 0 aliphatic heterocycles. The third kappa shape index (κ3) is 1.33. The summed E-state index contributed by atoms with van der Waals surface area (Å²) < 4.78 is 0. The van der Waals surface area contributed by atoms with Gasteiger partial charge in [-0.15, -0.1) is 0 Å². The van der Waals surface area contributed by atoms with E-state index in [4.69, 9.17) is 5.11 Å². The summed E-state index contributed by atoms with van der Waals surface area (Å²) in [5, 5.41) is 11.9. The highest BCUT2D eigenvalue weighted by Gasteiger charge is 2.03. The van der Waals surface area contributed by atoms with E-state index in [0.717, 1.165) is 10.9 Å². The molecule has 0 atom stereocenters. The maximum absolute atomic E-state index is 10.4. The van der Waals surface area contributed by atoms with Gasteiger partial charge >= 0.3 is 6.09 Å². The van der Waals surface area contributed by atoms with Crippen molar-refractivity contribution >= 4 is 22.7 Å². The smallest absolute Gasteiger partial charge is 0.409 e. The number of benzene rings is 1. The van der Waals surface area contributed by atoms with E-state index in [1.54, 1.807) is 18.3 Å². The van der Waals surface area contributed by atoms with Crippen LogP contribution in [0, 0.1) is 0 Å². The lowest BCUT2D eigenvalue weighted by Gasteiger charge is -2.01. The number of hydrogen-bond acceptors (Lipinski definition) is 1. The summed E-state index contributed by atoms with van der Waals surface area (Å²) in [6.07, 6.45) is 0.722. The number of H-pyrrole nitrogens is 1. The highest BCUT2D eigenvalue weighted by molar-refractivity contribution is 5.97. The number of carboxylic acid groups (broad SMARTS) is 1. The van der Waals surface area contributed by atoms with Crippen LogP contribution in [0.25, 0.3) is 10.9 Å². The zero-order valence-corrected chi connectivity index (χ0v) is 6.74. The quantitative estimate of drug-likeness (QED) is 0.623. The SMILES string of the molecule is O=C(O)Nc1cccc2cc[nH]c12. The molecular weight excluding hydrogens is 168 g/mol. The largest absolute Gasteiger partial charge is 0.465 e. The molecule has 0 aliphatic rings. The van der Waals surface area contributed by atoms with Gasteiger partial charge in [-0.25, -0.2) is 4.79 Å². The first-order valence-corrected chi connectivity index (χ1v) is 3.83. The highest BCUT2D eigenvalue weighted by atomic mass is 16.4. The molecule has 2 rings (SSSR count). The van der Waals surface area contributed by atoms with E-state index >= 15 is 0 Å². The summed E-state index contributed by atoms with van der Waals surface area (Å²) in [5.41, 5.74) is 1.39. The maximum atomic E-state index is 10.4. The second kappa shape index (κ2) is 2.82. The van der Waals surface area contributed by atoms with Crippen molar-refractivity contribution in [1.29, 1.82) is 0 Å². The van der Waals surface area contributed by atoms with Gasteiger partial charge in [0, 0.05) is 11.6 Å². The molecule has 0 aliphatic carbocycles. The number of carbonyl (C=O) groups is 1. The Kier molecular flexibility index (Phi) is 1.66. The number of nitrogens with one attached hydrogen (secondary N) is 2. The van der Waals surface area contributed by atoms with Crippen LogP contribution in [0.3, 0.4) is 0 Å². The van der Waals surface area contributed by atoms with E-state index in [0.29, 0.717) is 5.69 Å². The molecule has 1 heterocycles. The van der Waals surface area contributed by atoms with Gasteiger partial charge in [0.05, 0.1) is 11.2 Å². The van der Waals surface area contributed by atoms with Gasteiger partial charge in [-0.1, -0.05) is 12.1 Å². The molecule has 0 saturated heterocycles. The number of fused-ring (bicyclic) bond motifs is 1. The molecule has 13 heavy (non-hydrogen) atoms. The van der Waals surface area contributed by atoms with Crippen LogP contribution in [0.4, 0.5) is 10.5 Å². The van der Waals surface area contributed by atoms with Crippen LogP contribution in [0.15, 0.2) is 30.5 Å². The van der Waals surface area contributed by atoms with Crippen LogP contribution >= 0.6 is 0 Å². The number of anilines is 1. The normalized spacial score (nSPS) is 10.2. The summed E-state index contributed by atoms with van der Waals surface area (Å²) in [7, 11) is 0. The van der Waals surface area contributed by atoms with Crippen LogP contribution in [-0.4, -0.2) is 16.2 Å². The fraction of sp³-hybridized carbons (Fsp3) is 0. The molecule has 0 radical (unpaired) electrons. The molecule has 1 amide bonds. The molecule has 3 N–H and O–H groups in total. The van der Waals surface area contributed by atoms with Crippen molar-refractivity contribution in [3.63, 3.8) is 0 Å². The minimum Gasteiger partial charge on any atom is -0.465 e. The van der Waals surface area contributed by atoms with Crippen molar-refractivity contribution in [2.24, 2.45) is 0 Å². The minimum atomic E-state index is -1.05. The van der Waals surface area contributed by atoms with Gasteiger partial charge in [-0.3, -0.25) is 5.32 Å². The van der Waals surface area contributed by atoms with Crippen LogP contribution in [-0.2, 0) is 0 Å². The van der Waals surface area contributed by atoms with Gasteiger partial charge in [-0.2, -0.15) is 0 Å². The molecule has 66 valence electrons. The maximum Gasteiger partial charge on any atom is 0.409 e. The van der Waals surface area contributed by atoms with Gasteiger partial charge in [0.2, 0.25) is 0 Å². The number of aromatic amines is 1. The Morgan fingerprint density at radius 3 is 3.00 bits per heavy atom.